The molecule has 0 unspecified atom stereocenters. The maximum atomic E-state index is 12.7. The largest absolute Gasteiger partial charge is 0.361 e. The zero-order chi connectivity index (χ0) is 22.0. The van der Waals surface area contributed by atoms with E-state index in [9.17, 15) is 14.4 Å². The van der Waals surface area contributed by atoms with Gasteiger partial charge in [0.25, 0.3) is 5.91 Å². The summed E-state index contributed by atoms with van der Waals surface area (Å²) >= 11 is 12.0. The Morgan fingerprint density at radius 3 is 2.71 bits per heavy atom. The fraction of sp³-hybridized carbons (Fsp3) is 0.227. The smallest absolute Gasteiger partial charge is 0.325 e. The highest BCUT2D eigenvalue weighted by molar-refractivity contribution is 6.35. The molecular formula is C22H20Cl2N4O3. The number of carbonyl (C=O) groups excluding carboxylic acids is 3. The minimum absolute atomic E-state index is 0.322. The molecule has 4 amide bonds. The van der Waals surface area contributed by atoms with Gasteiger partial charge in [0.05, 0.1) is 0 Å². The van der Waals surface area contributed by atoms with Crippen LogP contribution in [0, 0.1) is 0 Å². The molecule has 0 bridgehead atoms. The summed E-state index contributed by atoms with van der Waals surface area (Å²) in [4.78, 5) is 41.4. The second kappa shape index (κ2) is 8.99. The number of aromatic amines is 1. The Morgan fingerprint density at radius 2 is 1.90 bits per heavy atom. The molecule has 3 aromatic rings. The van der Waals surface area contributed by atoms with E-state index in [4.69, 9.17) is 23.2 Å². The summed E-state index contributed by atoms with van der Waals surface area (Å²) in [7, 11) is 0. The van der Waals surface area contributed by atoms with Crippen LogP contribution in [0.3, 0.4) is 0 Å². The molecular weight excluding hydrogens is 439 g/mol. The van der Waals surface area contributed by atoms with Gasteiger partial charge in [0.1, 0.15) is 12.6 Å². The highest BCUT2D eigenvalue weighted by atomic mass is 35.5. The van der Waals surface area contributed by atoms with Gasteiger partial charge in [-0.15, -0.1) is 0 Å². The van der Waals surface area contributed by atoms with Crippen LogP contribution in [0.2, 0.25) is 10.0 Å². The zero-order valence-electron chi connectivity index (χ0n) is 16.5. The summed E-state index contributed by atoms with van der Waals surface area (Å²) in [5.74, 6) is -0.826. The summed E-state index contributed by atoms with van der Waals surface area (Å²) in [6.45, 7) is -0.00793. The number of hydrogen-bond acceptors (Lipinski definition) is 3. The molecule has 1 saturated heterocycles. The first kappa shape index (κ1) is 21.2. The number of rotatable bonds is 7. The van der Waals surface area contributed by atoms with Gasteiger partial charge in [-0.05, 0) is 35.7 Å². The summed E-state index contributed by atoms with van der Waals surface area (Å²) in [5.41, 5.74) is 2.74. The average molecular weight is 459 g/mol. The van der Waals surface area contributed by atoms with Gasteiger partial charge in [0, 0.05) is 40.1 Å². The average Bonchev–Trinajstić information content (AvgIpc) is 3.26. The Morgan fingerprint density at radius 1 is 1.10 bits per heavy atom. The van der Waals surface area contributed by atoms with Gasteiger partial charge in [-0.25, -0.2) is 4.79 Å². The van der Waals surface area contributed by atoms with Crippen LogP contribution in [0.25, 0.3) is 10.9 Å². The van der Waals surface area contributed by atoms with Crippen molar-refractivity contribution >= 4 is 52.0 Å². The molecule has 0 saturated carbocycles. The van der Waals surface area contributed by atoms with Gasteiger partial charge in [-0.2, -0.15) is 0 Å². The molecule has 31 heavy (non-hydrogen) atoms. The number of imide groups is 1. The minimum Gasteiger partial charge on any atom is -0.361 e. The number of carbonyl (C=O) groups is 3. The van der Waals surface area contributed by atoms with Crippen LogP contribution in [0.1, 0.15) is 11.1 Å². The Labute approximate surface area is 188 Å². The first-order valence-electron chi connectivity index (χ1n) is 9.80. The van der Waals surface area contributed by atoms with Gasteiger partial charge in [0.15, 0.2) is 0 Å². The van der Waals surface area contributed by atoms with Crippen LogP contribution < -0.4 is 10.6 Å². The van der Waals surface area contributed by atoms with E-state index in [0.29, 0.717) is 29.4 Å². The van der Waals surface area contributed by atoms with Crippen molar-refractivity contribution in [1.29, 1.82) is 0 Å². The Kier molecular flexibility index (Phi) is 6.15. The van der Waals surface area contributed by atoms with Crippen molar-refractivity contribution in [2.45, 2.75) is 18.9 Å². The Balaban J connectivity index is 1.31. The standard InChI is InChI=1S/C22H20Cl2N4O3/c23-15-6-5-13(17(24)10-15)7-8-25-20(29)12-28-21(30)19(27-22(28)31)9-14-11-26-18-4-2-1-3-16(14)18/h1-6,10-11,19,26H,7-9,12H2,(H,25,29)(H,27,31)/t19-/m1/s1. The van der Waals surface area contributed by atoms with Crippen LogP contribution in [-0.2, 0) is 22.4 Å². The highest BCUT2D eigenvalue weighted by Gasteiger charge is 2.39. The van der Waals surface area contributed by atoms with Crippen molar-refractivity contribution in [1.82, 2.24) is 20.5 Å². The predicted octanol–water partition coefficient (Wildman–Crippen LogP) is 3.30. The van der Waals surface area contributed by atoms with Crippen molar-refractivity contribution in [3.63, 3.8) is 0 Å². The Hall–Kier alpha value is -3.03. The van der Waals surface area contributed by atoms with E-state index in [-0.39, 0.29) is 6.54 Å². The molecule has 1 atom stereocenters. The lowest BCUT2D eigenvalue weighted by atomic mass is 10.1. The first-order chi connectivity index (χ1) is 14.9. The number of nitrogens with one attached hydrogen (secondary N) is 3. The summed E-state index contributed by atoms with van der Waals surface area (Å²) in [6.07, 6.45) is 2.69. The third kappa shape index (κ3) is 4.68. The molecule has 9 heteroatoms. The third-order valence-electron chi connectivity index (χ3n) is 5.24. The van der Waals surface area contributed by atoms with Crippen molar-refractivity contribution in [2.75, 3.05) is 13.1 Å². The van der Waals surface area contributed by atoms with Crippen molar-refractivity contribution in [2.24, 2.45) is 0 Å². The number of nitrogens with zero attached hydrogens (tertiary/aromatic N) is 1. The molecule has 4 rings (SSSR count). The molecule has 2 heterocycles. The molecule has 1 aromatic heterocycles. The molecule has 0 spiro atoms. The second-order valence-electron chi connectivity index (χ2n) is 7.33. The van der Waals surface area contributed by atoms with E-state index in [1.807, 2.05) is 30.5 Å². The van der Waals surface area contributed by atoms with E-state index in [1.54, 1.807) is 18.2 Å². The van der Waals surface area contributed by atoms with Crippen LogP contribution in [0.5, 0.6) is 0 Å². The molecule has 2 aromatic carbocycles. The van der Waals surface area contributed by atoms with Crippen LogP contribution in [-0.4, -0.2) is 46.9 Å². The molecule has 0 radical (unpaired) electrons. The van der Waals surface area contributed by atoms with Gasteiger partial charge < -0.3 is 15.6 Å². The quantitative estimate of drug-likeness (QED) is 0.474. The predicted molar refractivity (Wildman–Crippen MR) is 119 cm³/mol. The molecule has 3 N–H and O–H groups in total. The SMILES string of the molecule is O=C(CN1C(=O)N[C@H](Cc2c[nH]c3ccccc23)C1=O)NCCc1ccc(Cl)cc1Cl. The van der Waals surface area contributed by atoms with E-state index in [0.717, 1.165) is 26.9 Å². The molecule has 1 aliphatic rings. The van der Waals surface area contributed by atoms with E-state index < -0.39 is 23.9 Å². The number of aromatic nitrogens is 1. The monoisotopic (exact) mass is 458 g/mol. The zero-order valence-corrected chi connectivity index (χ0v) is 18.0. The maximum absolute atomic E-state index is 12.7. The lowest BCUT2D eigenvalue weighted by molar-refractivity contribution is -0.132. The number of para-hydroxylation sites is 1. The van der Waals surface area contributed by atoms with Gasteiger partial charge in [-0.3, -0.25) is 14.5 Å². The third-order valence-corrected chi connectivity index (χ3v) is 5.83. The summed E-state index contributed by atoms with van der Waals surface area (Å²) in [6, 6.07) is 11.6. The number of halogens is 2. The van der Waals surface area contributed by atoms with Gasteiger partial charge in [0.2, 0.25) is 5.91 Å². The normalized spacial score (nSPS) is 16.1. The second-order valence-corrected chi connectivity index (χ2v) is 8.17. The van der Waals surface area contributed by atoms with Crippen molar-refractivity contribution in [3.8, 4) is 0 Å². The van der Waals surface area contributed by atoms with Crippen molar-refractivity contribution in [3.05, 3.63) is 69.8 Å². The number of hydrogen-bond donors (Lipinski definition) is 3. The fourth-order valence-corrected chi connectivity index (χ4v) is 4.15. The van der Waals surface area contributed by atoms with Crippen LogP contribution in [0.15, 0.2) is 48.7 Å². The van der Waals surface area contributed by atoms with Gasteiger partial charge in [-0.1, -0.05) is 47.5 Å². The Bertz CT molecular complexity index is 1160. The number of amides is 4. The number of benzene rings is 2. The fourth-order valence-electron chi connectivity index (χ4n) is 3.65. The lowest BCUT2D eigenvalue weighted by Crippen LogP contribution is -2.41. The highest BCUT2D eigenvalue weighted by Crippen LogP contribution is 2.22. The molecule has 7 nitrogen and oxygen atoms in total. The number of H-pyrrole nitrogens is 1. The van der Waals surface area contributed by atoms with Crippen LogP contribution in [0.4, 0.5) is 4.79 Å². The maximum Gasteiger partial charge on any atom is 0.325 e. The van der Waals surface area contributed by atoms with E-state index >= 15 is 0 Å². The van der Waals surface area contributed by atoms with Gasteiger partial charge >= 0.3 is 6.03 Å². The summed E-state index contributed by atoms with van der Waals surface area (Å²) in [5, 5.41) is 7.45. The lowest BCUT2D eigenvalue weighted by Gasteiger charge is -2.13. The van der Waals surface area contributed by atoms with E-state index in [1.165, 1.54) is 0 Å². The topological polar surface area (TPSA) is 94.3 Å². The molecule has 1 aliphatic heterocycles. The van der Waals surface area contributed by atoms with Crippen LogP contribution >= 0.6 is 23.2 Å². The first-order valence-corrected chi connectivity index (χ1v) is 10.6. The number of urea groups is 1. The molecule has 160 valence electrons. The van der Waals surface area contributed by atoms with Crippen molar-refractivity contribution < 1.29 is 14.4 Å². The molecule has 1 fully saturated rings. The number of fused-ring (bicyclic) bond motifs is 1. The summed E-state index contributed by atoms with van der Waals surface area (Å²) < 4.78 is 0. The molecule has 0 aliphatic carbocycles. The minimum atomic E-state index is -0.701. The van der Waals surface area contributed by atoms with E-state index in [2.05, 4.69) is 15.6 Å².